The maximum Gasteiger partial charge on any atom is 0.494 e. The molecule has 5 aromatic rings. The molecule has 1 heterocycles. The first kappa shape index (κ1) is 20.8. The van der Waals surface area contributed by atoms with Gasteiger partial charge in [0.15, 0.2) is 0 Å². The van der Waals surface area contributed by atoms with E-state index in [9.17, 15) is 0 Å². The van der Waals surface area contributed by atoms with E-state index in [-0.39, 0.29) is 23.7 Å². The summed E-state index contributed by atoms with van der Waals surface area (Å²) in [5.74, 6) is 0. The van der Waals surface area contributed by atoms with E-state index in [0.717, 1.165) is 5.46 Å². The summed E-state index contributed by atoms with van der Waals surface area (Å²) in [5, 5.41) is 5.40. The molecule has 0 amide bonds. The van der Waals surface area contributed by atoms with Crippen LogP contribution in [0.3, 0.4) is 0 Å². The SMILES string of the molecule is CC1(C)OB(c2ccc3c(c2)-c2ccccc2C32c3cccc4ccc5cccc2c5c34)OC1(C)C. The largest absolute Gasteiger partial charge is 0.494 e. The summed E-state index contributed by atoms with van der Waals surface area (Å²) in [5.41, 5.74) is 8.09. The molecule has 0 atom stereocenters. The van der Waals surface area contributed by atoms with Crippen molar-refractivity contribution >= 4 is 34.1 Å². The molecule has 0 bridgehead atoms. The van der Waals surface area contributed by atoms with Gasteiger partial charge in [-0.1, -0.05) is 91.0 Å². The molecular formula is C33H27BO2. The Morgan fingerprint density at radius 3 is 1.72 bits per heavy atom. The second kappa shape index (κ2) is 6.48. The standard InChI is InChI=1S/C33H27BO2/c1-31(2)32(3,4)36-34(35-31)22-17-18-26-24(19-22)23-11-5-6-12-25(23)33(26)27-13-7-9-20-15-16-21-10-8-14-28(33)30(21)29(20)27/h5-19H,1-4H3. The monoisotopic (exact) mass is 466 g/mol. The second-order valence-electron chi connectivity index (χ2n) is 11.6. The molecule has 174 valence electrons. The van der Waals surface area contributed by atoms with Crippen LogP contribution in [-0.2, 0) is 14.7 Å². The first-order valence-electron chi connectivity index (χ1n) is 12.9. The van der Waals surface area contributed by atoms with Crippen molar-refractivity contribution in [3.8, 4) is 11.1 Å². The first-order valence-corrected chi connectivity index (χ1v) is 12.9. The second-order valence-corrected chi connectivity index (χ2v) is 11.6. The van der Waals surface area contributed by atoms with Crippen molar-refractivity contribution in [2.45, 2.75) is 44.3 Å². The predicted octanol–water partition coefficient (Wildman–Crippen LogP) is 6.97. The van der Waals surface area contributed by atoms with E-state index in [4.69, 9.17) is 9.31 Å². The molecule has 2 nitrogen and oxygen atoms in total. The molecule has 0 saturated carbocycles. The highest BCUT2D eigenvalue weighted by molar-refractivity contribution is 6.62. The van der Waals surface area contributed by atoms with Crippen molar-refractivity contribution in [3.63, 3.8) is 0 Å². The van der Waals surface area contributed by atoms with Gasteiger partial charge >= 0.3 is 7.12 Å². The number of hydrogen-bond donors (Lipinski definition) is 0. The van der Waals surface area contributed by atoms with Crippen LogP contribution in [0.25, 0.3) is 32.7 Å². The van der Waals surface area contributed by atoms with Crippen LogP contribution < -0.4 is 5.46 Å². The summed E-state index contributed by atoms with van der Waals surface area (Å²) >= 11 is 0. The lowest BCUT2D eigenvalue weighted by Crippen LogP contribution is -2.41. The van der Waals surface area contributed by atoms with Crippen LogP contribution >= 0.6 is 0 Å². The highest BCUT2D eigenvalue weighted by Crippen LogP contribution is 2.62. The molecule has 5 aromatic carbocycles. The lowest BCUT2D eigenvalue weighted by molar-refractivity contribution is 0.00578. The van der Waals surface area contributed by atoms with Gasteiger partial charge in [-0.25, -0.2) is 0 Å². The minimum atomic E-state index is -0.378. The minimum Gasteiger partial charge on any atom is -0.399 e. The van der Waals surface area contributed by atoms with Gasteiger partial charge in [0, 0.05) is 0 Å². The summed E-state index contributed by atoms with van der Waals surface area (Å²) in [6, 6.07) is 34.0. The highest BCUT2D eigenvalue weighted by Gasteiger charge is 2.54. The highest BCUT2D eigenvalue weighted by atomic mass is 16.7. The fraction of sp³-hybridized carbons (Fsp3) is 0.212. The zero-order chi connectivity index (χ0) is 24.4. The molecule has 1 saturated heterocycles. The maximum absolute atomic E-state index is 6.44. The van der Waals surface area contributed by atoms with Crippen molar-refractivity contribution in [1.29, 1.82) is 0 Å². The van der Waals surface area contributed by atoms with E-state index in [2.05, 4.69) is 119 Å². The van der Waals surface area contributed by atoms with Crippen LogP contribution in [0.1, 0.15) is 49.9 Å². The molecule has 3 heteroatoms. The van der Waals surface area contributed by atoms with Gasteiger partial charge in [0.2, 0.25) is 0 Å². The Morgan fingerprint density at radius 2 is 1.08 bits per heavy atom. The van der Waals surface area contributed by atoms with Crippen molar-refractivity contribution in [3.05, 3.63) is 113 Å². The zero-order valence-electron chi connectivity index (χ0n) is 21.1. The predicted molar refractivity (Wildman–Crippen MR) is 148 cm³/mol. The summed E-state index contributed by atoms with van der Waals surface area (Å²) in [6.07, 6.45) is 0. The molecule has 36 heavy (non-hydrogen) atoms. The number of fused-ring (bicyclic) bond motifs is 7. The number of benzene rings is 5. The summed E-state index contributed by atoms with van der Waals surface area (Å²) in [7, 11) is -0.378. The molecule has 1 fully saturated rings. The van der Waals surface area contributed by atoms with Gasteiger partial charge in [0.1, 0.15) is 0 Å². The number of rotatable bonds is 1. The lowest BCUT2D eigenvalue weighted by atomic mass is 9.69. The Balaban J connectivity index is 1.43. The third-order valence-corrected chi connectivity index (χ3v) is 9.29. The molecule has 0 N–H and O–H groups in total. The first-order chi connectivity index (χ1) is 17.3. The molecular weight excluding hydrogens is 439 g/mol. The molecule has 0 radical (unpaired) electrons. The molecule has 0 aromatic heterocycles. The van der Waals surface area contributed by atoms with E-state index in [1.165, 1.54) is 54.9 Å². The minimum absolute atomic E-state index is 0.316. The Bertz CT molecular complexity index is 1680. The zero-order valence-corrected chi connectivity index (χ0v) is 21.1. The normalized spacial score (nSPS) is 19.5. The summed E-state index contributed by atoms with van der Waals surface area (Å²) < 4.78 is 12.9. The van der Waals surface area contributed by atoms with E-state index < -0.39 is 0 Å². The van der Waals surface area contributed by atoms with Crippen LogP contribution in [0.5, 0.6) is 0 Å². The average molecular weight is 466 g/mol. The average Bonchev–Trinajstić information content (AvgIpc) is 3.43. The third kappa shape index (κ3) is 2.27. The van der Waals surface area contributed by atoms with Gasteiger partial charge in [-0.2, -0.15) is 0 Å². The van der Waals surface area contributed by atoms with Crippen molar-refractivity contribution in [2.24, 2.45) is 0 Å². The number of hydrogen-bond acceptors (Lipinski definition) is 2. The van der Waals surface area contributed by atoms with Crippen LogP contribution in [0.2, 0.25) is 0 Å². The van der Waals surface area contributed by atoms with Crippen LogP contribution in [0, 0.1) is 0 Å². The van der Waals surface area contributed by atoms with E-state index in [1.807, 2.05) is 0 Å². The van der Waals surface area contributed by atoms with E-state index in [1.54, 1.807) is 0 Å². The maximum atomic E-state index is 6.44. The van der Waals surface area contributed by atoms with Gasteiger partial charge in [0.25, 0.3) is 0 Å². The molecule has 1 aliphatic heterocycles. The Labute approximate surface area is 212 Å². The van der Waals surface area contributed by atoms with Gasteiger partial charge < -0.3 is 9.31 Å². The fourth-order valence-corrected chi connectivity index (χ4v) is 6.93. The Hall–Kier alpha value is -3.40. The molecule has 0 unspecified atom stereocenters. The van der Waals surface area contributed by atoms with Crippen molar-refractivity contribution in [1.82, 2.24) is 0 Å². The van der Waals surface area contributed by atoms with Crippen LogP contribution in [-0.4, -0.2) is 18.3 Å². The Morgan fingerprint density at radius 1 is 0.528 bits per heavy atom. The van der Waals surface area contributed by atoms with Gasteiger partial charge in [-0.3, -0.25) is 0 Å². The third-order valence-electron chi connectivity index (χ3n) is 9.29. The molecule has 2 aliphatic carbocycles. The lowest BCUT2D eigenvalue weighted by Gasteiger charge is -2.32. The van der Waals surface area contributed by atoms with E-state index in [0.29, 0.717) is 0 Å². The quantitative estimate of drug-likeness (QED) is 0.192. The van der Waals surface area contributed by atoms with Crippen LogP contribution in [0.4, 0.5) is 0 Å². The topological polar surface area (TPSA) is 18.5 Å². The summed E-state index contributed by atoms with van der Waals surface area (Å²) in [4.78, 5) is 0. The summed E-state index contributed by atoms with van der Waals surface area (Å²) in [6.45, 7) is 8.45. The molecule has 3 aliphatic rings. The van der Waals surface area contributed by atoms with Crippen LogP contribution in [0.15, 0.2) is 91.0 Å². The van der Waals surface area contributed by atoms with Gasteiger partial charge in [-0.15, -0.1) is 0 Å². The van der Waals surface area contributed by atoms with Crippen molar-refractivity contribution in [2.75, 3.05) is 0 Å². The molecule has 8 rings (SSSR count). The Kier molecular flexibility index (Phi) is 3.74. The fourth-order valence-electron chi connectivity index (χ4n) is 6.93. The molecule has 1 spiro atoms. The van der Waals surface area contributed by atoms with Gasteiger partial charge in [0.05, 0.1) is 16.6 Å². The van der Waals surface area contributed by atoms with E-state index >= 15 is 0 Å². The van der Waals surface area contributed by atoms with Crippen molar-refractivity contribution < 1.29 is 9.31 Å². The smallest absolute Gasteiger partial charge is 0.399 e. The van der Waals surface area contributed by atoms with Gasteiger partial charge in [-0.05, 0) is 88.1 Å².